The van der Waals surface area contributed by atoms with Crippen LogP contribution in [0.4, 0.5) is 0 Å². The predicted molar refractivity (Wildman–Crippen MR) is 139 cm³/mol. The van der Waals surface area contributed by atoms with Crippen molar-refractivity contribution in [2.75, 3.05) is 0 Å². The number of fused-ring (bicyclic) bond motifs is 4. The van der Waals surface area contributed by atoms with E-state index in [4.69, 9.17) is 0 Å². The molecule has 36 heavy (non-hydrogen) atoms. The van der Waals surface area contributed by atoms with Gasteiger partial charge in [-0.05, 0) is 51.8 Å². The molecule has 0 saturated heterocycles. The van der Waals surface area contributed by atoms with Gasteiger partial charge in [-0.1, -0.05) is 121 Å². The maximum atomic E-state index is 4.13. The van der Waals surface area contributed by atoms with Crippen LogP contribution in [0.15, 0.2) is 122 Å². The fourth-order valence-corrected chi connectivity index (χ4v) is 6.47. The normalized spacial score (nSPS) is 16.3. The van der Waals surface area contributed by atoms with Gasteiger partial charge in [0.2, 0.25) is 0 Å². The second-order valence-corrected chi connectivity index (χ2v) is 9.31. The molecule has 0 fully saturated rings. The van der Waals surface area contributed by atoms with E-state index >= 15 is 0 Å². The molecule has 0 spiro atoms. The van der Waals surface area contributed by atoms with E-state index in [1.807, 2.05) is 0 Å². The number of benzene rings is 4. The molecular formula is C33H28Cl2Zr. The van der Waals surface area contributed by atoms with Crippen LogP contribution in [0.5, 0.6) is 0 Å². The van der Waals surface area contributed by atoms with Crippen LogP contribution in [0, 0.1) is 0 Å². The van der Waals surface area contributed by atoms with E-state index in [1.165, 1.54) is 38.9 Å². The fourth-order valence-electron chi connectivity index (χ4n) is 6.47. The maximum Gasteiger partial charge on any atom is 2.00 e. The summed E-state index contributed by atoms with van der Waals surface area (Å²) in [4.78, 5) is 0. The van der Waals surface area contributed by atoms with Crippen LogP contribution < -0.4 is 24.8 Å². The molecule has 2 unspecified atom stereocenters. The summed E-state index contributed by atoms with van der Waals surface area (Å²) in [5, 5.41) is 0. The van der Waals surface area contributed by atoms with Gasteiger partial charge in [-0.15, -0.1) is 6.58 Å². The van der Waals surface area contributed by atoms with Crippen molar-refractivity contribution in [2.45, 2.75) is 30.1 Å². The van der Waals surface area contributed by atoms with Gasteiger partial charge >= 0.3 is 26.2 Å². The molecule has 6 rings (SSSR count). The molecule has 2 aliphatic rings. The third-order valence-electron chi connectivity index (χ3n) is 7.78. The van der Waals surface area contributed by atoms with Crippen molar-refractivity contribution < 1.29 is 51.0 Å². The van der Waals surface area contributed by atoms with E-state index in [9.17, 15) is 0 Å². The van der Waals surface area contributed by atoms with E-state index in [1.54, 1.807) is 0 Å². The standard InChI is InChI=1S/C33H28.2ClH.Zr/c1-2-3-23-33(25-14-5-4-6-15-25,31-22-21-24-13-7-8-16-26(24)31)32-29-19-11-9-17-27(29)28-18-10-12-20-30(28)32;;;/h2,4-22,31-32H,1,3,23H2;2*1H;/q;;;+2/p-2. The van der Waals surface area contributed by atoms with Crippen LogP contribution in [-0.4, -0.2) is 0 Å². The van der Waals surface area contributed by atoms with Crippen LogP contribution in [0.1, 0.15) is 52.5 Å². The van der Waals surface area contributed by atoms with E-state index in [0.29, 0.717) is 5.92 Å². The Labute approximate surface area is 246 Å². The molecule has 2 atom stereocenters. The van der Waals surface area contributed by atoms with E-state index in [-0.39, 0.29) is 62.4 Å². The summed E-state index contributed by atoms with van der Waals surface area (Å²) in [6.45, 7) is 4.13. The first-order valence-electron chi connectivity index (χ1n) is 12.0. The minimum Gasteiger partial charge on any atom is -1.00 e. The summed E-state index contributed by atoms with van der Waals surface area (Å²) < 4.78 is 0. The van der Waals surface area contributed by atoms with Gasteiger partial charge in [0.25, 0.3) is 0 Å². The number of allylic oxidation sites excluding steroid dienone is 2. The van der Waals surface area contributed by atoms with E-state index in [2.05, 4.69) is 128 Å². The minimum atomic E-state index is -0.124. The zero-order valence-electron chi connectivity index (χ0n) is 20.1. The Morgan fingerprint density at radius 3 is 1.81 bits per heavy atom. The SMILES string of the molecule is C=CCCC(c1ccccc1)(C1C=Cc2ccccc21)C1c2ccccc2-c2ccccc21.[Cl-].[Cl-].[Zr+2]. The zero-order valence-corrected chi connectivity index (χ0v) is 24.0. The molecule has 0 aromatic heterocycles. The fraction of sp³-hybridized carbons (Fsp3) is 0.152. The number of hydrogen-bond acceptors (Lipinski definition) is 0. The molecule has 0 heterocycles. The molecule has 0 N–H and O–H groups in total. The minimum absolute atomic E-state index is 0. The van der Waals surface area contributed by atoms with Gasteiger partial charge in [-0.3, -0.25) is 0 Å². The van der Waals surface area contributed by atoms with Crippen LogP contribution in [0.2, 0.25) is 0 Å². The molecule has 2 aliphatic carbocycles. The number of hydrogen-bond donors (Lipinski definition) is 0. The molecule has 4 aromatic rings. The molecule has 3 heteroatoms. The summed E-state index contributed by atoms with van der Waals surface area (Å²) in [6.07, 6.45) is 8.90. The van der Waals surface area contributed by atoms with Gasteiger partial charge in [-0.2, -0.15) is 0 Å². The van der Waals surface area contributed by atoms with Crippen LogP contribution in [0.3, 0.4) is 0 Å². The second kappa shape index (κ2) is 11.9. The molecule has 178 valence electrons. The smallest absolute Gasteiger partial charge is 1.00 e. The maximum absolute atomic E-state index is 4.13. The molecular weight excluding hydrogens is 558 g/mol. The molecule has 0 amide bonds. The van der Waals surface area contributed by atoms with Crippen molar-refractivity contribution in [2.24, 2.45) is 0 Å². The van der Waals surface area contributed by atoms with E-state index < -0.39 is 0 Å². The topological polar surface area (TPSA) is 0 Å². The summed E-state index contributed by atoms with van der Waals surface area (Å²) in [6, 6.07) is 38.3. The predicted octanol–water partition coefficient (Wildman–Crippen LogP) is 2.52. The van der Waals surface area contributed by atoms with Crippen molar-refractivity contribution in [3.8, 4) is 11.1 Å². The largest absolute Gasteiger partial charge is 2.00 e. The summed E-state index contributed by atoms with van der Waals surface area (Å²) in [5.41, 5.74) is 9.73. The molecule has 0 bridgehead atoms. The Hall–Kier alpha value is -2.18. The van der Waals surface area contributed by atoms with Gasteiger partial charge in [0, 0.05) is 17.3 Å². The van der Waals surface area contributed by atoms with Crippen molar-refractivity contribution in [1.82, 2.24) is 0 Å². The number of halogens is 2. The molecule has 0 aliphatic heterocycles. The third kappa shape index (κ3) is 4.41. The molecule has 4 aromatic carbocycles. The first-order chi connectivity index (χ1) is 16.3. The Kier molecular flexibility index (Phi) is 9.40. The van der Waals surface area contributed by atoms with Gasteiger partial charge in [0.1, 0.15) is 0 Å². The Balaban J connectivity index is 0.00000120. The molecule has 0 saturated carbocycles. The zero-order chi connectivity index (χ0) is 22.3. The summed E-state index contributed by atoms with van der Waals surface area (Å²) >= 11 is 0. The average Bonchev–Trinajstić information content (AvgIpc) is 3.46. The van der Waals surface area contributed by atoms with Crippen LogP contribution >= 0.6 is 0 Å². The van der Waals surface area contributed by atoms with Gasteiger partial charge in [0.15, 0.2) is 0 Å². The summed E-state index contributed by atoms with van der Waals surface area (Å²) in [7, 11) is 0. The van der Waals surface area contributed by atoms with Crippen LogP contribution in [0.25, 0.3) is 17.2 Å². The average molecular weight is 587 g/mol. The van der Waals surface area contributed by atoms with Crippen molar-refractivity contribution in [3.63, 3.8) is 0 Å². The molecule has 0 nitrogen and oxygen atoms in total. The summed E-state index contributed by atoms with van der Waals surface area (Å²) in [5.74, 6) is 0.563. The number of rotatable bonds is 6. The van der Waals surface area contributed by atoms with Crippen molar-refractivity contribution in [3.05, 3.63) is 150 Å². The Morgan fingerprint density at radius 1 is 0.667 bits per heavy atom. The van der Waals surface area contributed by atoms with Gasteiger partial charge in [-0.25, -0.2) is 0 Å². The van der Waals surface area contributed by atoms with Crippen LogP contribution in [-0.2, 0) is 31.6 Å². The third-order valence-corrected chi connectivity index (χ3v) is 7.78. The molecule has 0 radical (unpaired) electrons. The quantitative estimate of drug-likeness (QED) is 0.305. The van der Waals surface area contributed by atoms with Crippen molar-refractivity contribution >= 4 is 6.08 Å². The second-order valence-electron chi connectivity index (χ2n) is 9.31. The monoisotopic (exact) mass is 584 g/mol. The van der Waals surface area contributed by atoms with Crippen molar-refractivity contribution in [1.29, 1.82) is 0 Å². The van der Waals surface area contributed by atoms with Gasteiger partial charge < -0.3 is 24.8 Å². The first-order valence-corrected chi connectivity index (χ1v) is 12.0. The first kappa shape index (κ1) is 28.4. The Bertz CT molecular complexity index is 1320. The van der Waals surface area contributed by atoms with E-state index in [0.717, 1.165) is 12.8 Å². The Morgan fingerprint density at radius 2 is 1.19 bits per heavy atom. The van der Waals surface area contributed by atoms with Gasteiger partial charge in [0.05, 0.1) is 0 Å².